The number of methoxy groups -OCH3 is 1. The molecule has 2 rings (SSSR count). The lowest BCUT2D eigenvalue weighted by Crippen LogP contribution is -2.35. The minimum atomic E-state index is -0.889. The minimum absolute atomic E-state index is 0.253. The van der Waals surface area contributed by atoms with Gasteiger partial charge in [-0.3, -0.25) is 9.59 Å². The normalized spacial score (nSPS) is 11.6. The summed E-state index contributed by atoms with van der Waals surface area (Å²) in [6, 6.07) is 13.6. The Labute approximate surface area is 146 Å². The van der Waals surface area contributed by atoms with E-state index in [0.717, 1.165) is 5.56 Å². The highest BCUT2D eigenvalue weighted by Gasteiger charge is 2.15. The maximum atomic E-state index is 12.5. The van der Waals surface area contributed by atoms with Crippen molar-refractivity contribution in [3.05, 3.63) is 59.7 Å². The second-order valence-corrected chi connectivity index (χ2v) is 5.52. The molecule has 0 aromatic heterocycles. The van der Waals surface area contributed by atoms with Crippen LogP contribution in [0.4, 0.5) is 5.69 Å². The third kappa shape index (κ3) is 5.06. The zero-order chi connectivity index (χ0) is 18.2. The molecule has 0 heterocycles. The van der Waals surface area contributed by atoms with Gasteiger partial charge >= 0.3 is 5.97 Å². The number of anilines is 1. The Hall–Kier alpha value is -2.86. The highest BCUT2D eigenvalue weighted by Crippen LogP contribution is 2.18. The third-order valence-corrected chi connectivity index (χ3v) is 3.84. The van der Waals surface area contributed by atoms with Crippen molar-refractivity contribution in [1.82, 2.24) is 5.32 Å². The van der Waals surface area contributed by atoms with Crippen molar-refractivity contribution in [3.63, 3.8) is 0 Å². The summed E-state index contributed by atoms with van der Waals surface area (Å²) >= 11 is 0. The fourth-order valence-electron chi connectivity index (χ4n) is 2.39. The molecule has 0 aliphatic carbocycles. The number of carboxylic acid groups (broad SMARTS) is 1. The average Bonchev–Trinajstić information content (AvgIpc) is 2.63. The van der Waals surface area contributed by atoms with Crippen LogP contribution in [0.1, 0.15) is 29.3 Å². The Morgan fingerprint density at radius 3 is 2.60 bits per heavy atom. The van der Waals surface area contributed by atoms with Gasteiger partial charge in [-0.2, -0.15) is 0 Å². The first kappa shape index (κ1) is 18.5. The highest BCUT2D eigenvalue weighted by molar-refractivity contribution is 6.04. The van der Waals surface area contributed by atoms with E-state index >= 15 is 0 Å². The molecule has 132 valence electrons. The molecule has 0 aliphatic heterocycles. The maximum absolute atomic E-state index is 12.5. The summed E-state index contributed by atoms with van der Waals surface area (Å²) in [4.78, 5) is 23.6. The van der Waals surface area contributed by atoms with Crippen molar-refractivity contribution in [1.29, 1.82) is 0 Å². The van der Waals surface area contributed by atoms with Crippen LogP contribution >= 0.6 is 0 Å². The lowest BCUT2D eigenvalue weighted by Gasteiger charge is -2.15. The Bertz CT molecular complexity index is 746. The van der Waals surface area contributed by atoms with Crippen LogP contribution in [0.2, 0.25) is 0 Å². The molecule has 25 heavy (non-hydrogen) atoms. The number of carbonyl (C=O) groups is 2. The minimum Gasteiger partial charge on any atom is -0.497 e. The first-order valence-electron chi connectivity index (χ1n) is 8.04. The summed E-state index contributed by atoms with van der Waals surface area (Å²) in [5.74, 6) is -0.535. The molecule has 6 heteroatoms. The van der Waals surface area contributed by atoms with Crippen LogP contribution in [-0.2, 0) is 11.3 Å². The van der Waals surface area contributed by atoms with E-state index in [1.165, 1.54) is 0 Å². The summed E-state index contributed by atoms with van der Waals surface area (Å²) in [6.45, 7) is 2.15. The molecule has 0 radical (unpaired) electrons. The van der Waals surface area contributed by atoms with E-state index in [2.05, 4.69) is 10.6 Å². The first-order chi connectivity index (χ1) is 12.0. The topological polar surface area (TPSA) is 87.7 Å². The summed E-state index contributed by atoms with van der Waals surface area (Å²) in [5, 5.41) is 15.0. The van der Waals surface area contributed by atoms with Crippen molar-refractivity contribution < 1.29 is 19.4 Å². The van der Waals surface area contributed by atoms with Gasteiger partial charge in [0.1, 0.15) is 11.8 Å². The average molecular weight is 342 g/mol. The van der Waals surface area contributed by atoms with Gasteiger partial charge in [0.25, 0.3) is 5.91 Å². The molecule has 1 amide bonds. The molecule has 2 aromatic carbocycles. The van der Waals surface area contributed by atoms with E-state index in [-0.39, 0.29) is 5.91 Å². The molecule has 6 nitrogen and oxygen atoms in total. The summed E-state index contributed by atoms with van der Waals surface area (Å²) < 4.78 is 5.13. The van der Waals surface area contributed by atoms with Crippen molar-refractivity contribution in [2.45, 2.75) is 25.9 Å². The van der Waals surface area contributed by atoms with Crippen molar-refractivity contribution in [2.75, 3.05) is 12.4 Å². The zero-order valence-corrected chi connectivity index (χ0v) is 14.3. The molecule has 0 aliphatic rings. The molecule has 0 saturated heterocycles. The monoisotopic (exact) mass is 342 g/mol. The Morgan fingerprint density at radius 1 is 1.16 bits per heavy atom. The van der Waals surface area contributed by atoms with E-state index in [1.807, 2.05) is 25.1 Å². The van der Waals surface area contributed by atoms with Gasteiger partial charge in [0.15, 0.2) is 0 Å². The molecule has 3 N–H and O–H groups in total. The SMILES string of the molecule is CCC(NCc1ccccc1NC(=O)c1cccc(OC)c1)C(=O)O. The predicted octanol–water partition coefficient (Wildman–Crippen LogP) is 2.90. The molecule has 0 bridgehead atoms. The van der Waals surface area contributed by atoms with Gasteiger partial charge in [-0.1, -0.05) is 31.2 Å². The highest BCUT2D eigenvalue weighted by atomic mass is 16.5. The molecule has 0 saturated carbocycles. The number of carbonyl (C=O) groups excluding carboxylic acids is 1. The van der Waals surface area contributed by atoms with Gasteiger partial charge in [-0.15, -0.1) is 0 Å². The number of ether oxygens (including phenoxy) is 1. The summed E-state index contributed by atoms with van der Waals surface area (Å²) in [5.41, 5.74) is 1.94. The maximum Gasteiger partial charge on any atom is 0.320 e. The van der Waals surface area contributed by atoms with Gasteiger partial charge in [-0.05, 0) is 36.2 Å². The van der Waals surface area contributed by atoms with E-state index in [0.29, 0.717) is 30.0 Å². The van der Waals surface area contributed by atoms with Crippen LogP contribution in [-0.4, -0.2) is 30.1 Å². The third-order valence-electron chi connectivity index (χ3n) is 3.84. The van der Waals surface area contributed by atoms with E-state index < -0.39 is 12.0 Å². The summed E-state index contributed by atoms with van der Waals surface area (Å²) in [6.07, 6.45) is 0.480. The van der Waals surface area contributed by atoms with Crippen molar-refractivity contribution >= 4 is 17.6 Å². The van der Waals surface area contributed by atoms with Gasteiger partial charge in [0.2, 0.25) is 0 Å². The van der Waals surface area contributed by atoms with Crippen LogP contribution in [0.5, 0.6) is 5.75 Å². The molecule has 2 aromatic rings. The number of carboxylic acids is 1. The first-order valence-corrected chi connectivity index (χ1v) is 8.04. The van der Waals surface area contributed by atoms with Crippen LogP contribution in [0, 0.1) is 0 Å². The van der Waals surface area contributed by atoms with Gasteiger partial charge in [0.05, 0.1) is 7.11 Å². The number of hydrogen-bond acceptors (Lipinski definition) is 4. The number of amides is 1. The lowest BCUT2D eigenvalue weighted by atomic mass is 10.1. The molecule has 0 spiro atoms. The number of para-hydroxylation sites is 1. The molecular formula is C19H22N2O4. The van der Waals surface area contributed by atoms with E-state index in [9.17, 15) is 9.59 Å². The van der Waals surface area contributed by atoms with Crippen LogP contribution in [0.25, 0.3) is 0 Å². The van der Waals surface area contributed by atoms with Crippen LogP contribution in [0.15, 0.2) is 48.5 Å². The van der Waals surface area contributed by atoms with Gasteiger partial charge in [-0.25, -0.2) is 0 Å². The Balaban J connectivity index is 2.11. The molecule has 1 unspecified atom stereocenters. The predicted molar refractivity (Wildman–Crippen MR) is 95.9 cm³/mol. The second kappa shape index (κ2) is 8.84. The second-order valence-electron chi connectivity index (χ2n) is 5.52. The molecular weight excluding hydrogens is 320 g/mol. The fourth-order valence-corrected chi connectivity index (χ4v) is 2.39. The lowest BCUT2D eigenvalue weighted by molar-refractivity contribution is -0.139. The van der Waals surface area contributed by atoms with Crippen molar-refractivity contribution in [3.8, 4) is 5.75 Å². The van der Waals surface area contributed by atoms with Gasteiger partial charge < -0.3 is 20.5 Å². The quantitative estimate of drug-likeness (QED) is 0.686. The number of benzene rings is 2. The van der Waals surface area contributed by atoms with Crippen molar-refractivity contribution in [2.24, 2.45) is 0 Å². The largest absolute Gasteiger partial charge is 0.497 e. The Morgan fingerprint density at radius 2 is 1.92 bits per heavy atom. The summed E-state index contributed by atoms with van der Waals surface area (Å²) in [7, 11) is 1.55. The fraction of sp³-hybridized carbons (Fsp3) is 0.263. The van der Waals surface area contributed by atoms with Gasteiger partial charge in [0, 0.05) is 17.8 Å². The molecule has 0 fully saturated rings. The number of rotatable bonds is 8. The van der Waals surface area contributed by atoms with E-state index in [4.69, 9.17) is 9.84 Å². The molecule has 1 atom stereocenters. The van der Waals surface area contributed by atoms with E-state index in [1.54, 1.807) is 37.4 Å². The smallest absolute Gasteiger partial charge is 0.320 e. The number of hydrogen-bond donors (Lipinski definition) is 3. The Kier molecular flexibility index (Phi) is 6.54. The standard InChI is InChI=1S/C19H22N2O4/c1-3-16(19(23)24)20-12-14-7-4-5-10-17(14)21-18(22)13-8-6-9-15(11-13)25-2/h4-11,16,20H,3,12H2,1-2H3,(H,21,22)(H,23,24). The van der Waals surface area contributed by atoms with Crippen LogP contribution in [0.3, 0.4) is 0 Å². The van der Waals surface area contributed by atoms with Crippen LogP contribution < -0.4 is 15.4 Å². The number of aliphatic carboxylic acids is 1. The number of nitrogens with one attached hydrogen (secondary N) is 2. The zero-order valence-electron chi connectivity index (χ0n) is 14.3.